The van der Waals surface area contributed by atoms with E-state index in [0.29, 0.717) is 25.5 Å². The average Bonchev–Trinajstić information content (AvgIpc) is 3.23. The molecule has 0 fully saturated rings. The van der Waals surface area contributed by atoms with E-state index in [4.69, 9.17) is 9.47 Å². The summed E-state index contributed by atoms with van der Waals surface area (Å²) in [7, 11) is 1.61. The molecule has 0 saturated heterocycles. The minimum atomic E-state index is -0.0363. The predicted molar refractivity (Wildman–Crippen MR) is 100 cm³/mol. The second-order valence-corrected chi connectivity index (χ2v) is 6.59. The largest absolute Gasteiger partial charge is 0.494 e. The molecule has 2 heterocycles. The minimum Gasteiger partial charge on any atom is -0.494 e. The van der Waals surface area contributed by atoms with Crippen LogP contribution < -0.4 is 15.0 Å². The number of hydrogen-bond acceptors (Lipinski definition) is 7. The molecule has 1 aromatic heterocycles. The first-order chi connectivity index (χ1) is 12.7. The zero-order chi connectivity index (χ0) is 18.4. The Morgan fingerprint density at radius 1 is 1.27 bits per heavy atom. The van der Waals surface area contributed by atoms with Gasteiger partial charge < -0.3 is 19.7 Å². The number of carbonyl (C=O) groups excluding carboxylic acids is 1. The molecule has 0 atom stereocenters. The van der Waals surface area contributed by atoms with Gasteiger partial charge in [0, 0.05) is 32.4 Å². The molecular weight excluding hydrogens is 354 g/mol. The number of rotatable bonds is 9. The van der Waals surface area contributed by atoms with Gasteiger partial charge >= 0.3 is 0 Å². The van der Waals surface area contributed by atoms with Crippen molar-refractivity contribution in [3.63, 3.8) is 0 Å². The molecule has 1 aromatic carbocycles. The van der Waals surface area contributed by atoms with Crippen LogP contribution >= 0.6 is 11.8 Å². The average molecular weight is 377 g/mol. The van der Waals surface area contributed by atoms with Gasteiger partial charge in [-0.2, -0.15) is 0 Å². The fraction of sp³-hybridized carbons (Fsp3) is 0.471. The molecular formula is C17H23N5O3S. The molecule has 8 nitrogen and oxygen atoms in total. The van der Waals surface area contributed by atoms with Gasteiger partial charge in [0.25, 0.3) is 0 Å². The van der Waals surface area contributed by atoms with Crippen molar-refractivity contribution in [3.8, 4) is 5.75 Å². The van der Waals surface area contributed by atoms with Crippen molar-refractivity contribution < 1.29 is 14.3 Å². The fourth-order valence-electron chi connectivity index (χ4n) is 2.69. The molecule has 1 aliphatic heterocycles. The van der Waals surface area contributed by atoms with Gasteiger partial charge in [0.05, 0.1) is 19.0 Å². The minimum absolute atomic E-state index is 0.0363. The summed E-state index contributed by atoms with van der Waals surface area (Å²) >= 11 is 1.39. The van der Waals surface area contributed by atoms with Crippen LogP contribution in [0.25, 0.3) is 0 Å². The first kappa shape index (κ1) is 18.5. The normalized spacial score (nSPS) is 12.9. The number of amides is 1. The highest BCUT2D eigenvalue weighted by Crippen LogP contribution is 2.32. The summed E-state index contributed by atoms with van der Waals surface area (Å²) < 4.78 is 12.4. The lowest BCUT2D eigenvalue weighted by Crippen LogP contribution is -2.28. The smallest absolute Gasteiger partial charge is 0.232 e. The second-order valence-electron chi connectivity index (χ2n) is 5.64. The standard InChI is InChI=1S/C17H23N5O3S/c1-3-25-14-6-4-13(5-7-14)21-9-10-22-16(21)19-20-17(22)26-12-15(23)18-8-11-24-2/h4-7H,3,8-12H2,1-2H3,(H,18,23). The first-order valence-corrected chi connectivity index (χ1v) is 9.53. The van der Waals surface area contributed by atoms with Crippen molar-refractivity contribution in [1.82, 2.24) is 20.1 Å². The van der Waals surface area contributed by atoms with Crippen molar-refractivity contribution in [3.05, 3.63) is 24.3 Å². The molecule has 1 amide bonds. The van der Waals surface area contributed by atoms with E-state index in [2.05, 4.69) is 20.4 Å². The number of ether oxygens (including phenoxy) is 2. The maximum Gasteiger partial charge on any atom is 0.232 e. The summed E-state index contributed by atoms with van der Waals surface area (Å²) in [5, 5.41) is 12.1. The number of anilines is 2. The van der Waals surface area contributed by atoms with Gasteiger partial charge in [0.15, 0.2) is 5.16 Å². The molecule has 2 aromatic rings. The van der Waals surface area contributed by atoms with Crippen LogP contribution in [0.15, 0.2) is 29.4 Å². The molecule has 26 heavy (non-hydrogen) atoms. The molecule has 9 heteroatoms. The molecule has 0 unspecified atom stereocenters. The number of nitrogens with zero attached hydrogens (tertiary/aromatic N) is 4. The number of methoxy groups -OCH3 is 1. The summed E-state index contributed by atoms with van der Waals surface area (Å²) in [6.45, 7) is 5.26. The Morgan fingerprint density at radius 3 is 2.81 bits per heavy atom. The Balaban J connectivity index is 1.61. The number of thioether (sulfide) groups is 1. The Kier molecular flexibility index (Phi) is 6.35. The Bertz CT molecular complexity index is 734. The number of hydrogen-bond donors (Lipinski definition) is 1. The molecule has 0 spiro atoms. The summed E-state index contributed by atoms with van der Waals surface area (Å²) in [5.41, 5.74) is 1.05. The van der Waals surface area contributed by atoms with E-state index in [9.17, 15) is 4.79 Å². The van der Waals surface area contributed by atoms with Gasteiger partial charge in [-0.3, -0.25) is 9.36 Å². The van der Waals surface area contributed by atoms with Gasteiger partial charge in [-0.05, 0) is 31.2 Å². The highest BCUT2D eigenvalue weighted by molar-refractivity contribution is 7.99. The van der Waals surface area contributed by atoms with Crippen LogP contribution in [0, 0.1) is 0 Å². The lowest BCUT2D eigenvalue weighted by molar-refractivity contribution is -0.118. The van der Waals surface area contributed by atoms with Crippen LogP contribution in [-0.4, -0.2) is 59.8 Å². The second kappa shape index (κ2) is 8.91. The van der Waals surface area contributed by atoms with E-state index in [0.717, 1.165) is 35.6 Å². The van der Waals surface area contributed by atoms with Gasteiger partial charge in [-0.25, -0.2) is 0 Å². The van der Waals surface area contributed by atoms with Crippen LogP contribution in [0.5, 0.6) is 5.75 Å². The van der Waals surface area contributed by atoms with E-state index in [-0.39, 0.29) is 5.91 Å². The highest BCUT2D eigenvalue weighted by atomic mass is 32.2. The Labute approximate surface area is 156 Å². The van der Waals surface area contributed by atoms with Gasteiger partial charge in [-0.15, -0.1) is 10.2 Å². The topological polar surface area (TPSA) is 81.5 Å². The monoisotopic (exact) mass is 377 g/mol. The maximum atomic E-state index is 11.8. The van der Waals surface area contributed by atoms with Crippen molar-refractivity contribution in [1.29, 1.82) is 0 Å². The molecule has 3 rings (SSSR count). The first-order valence-electron chi connectivity index (χ1n) is 8.55. The Hall–Kier alpha value is -2.26. The number of benzene rings is 1. The van der Waals surface area contributed by atoms with Gasteiger partial charge in [-0.1, -0.05) is 11.8 Å². The maximum absolute atomic E-state index is 11.8. The number of nitrogens with one attached hydrogen (secondary N) is 1. The molecule has 0 saturated carbocycles. The molecule has 1 aliphatic rings. The van der Waals surface area contributed by atoms with Crippen LogP contribution in [0.1, 0.15) is 6.92 Å². The van der Waals surface area contributed by atoms with Crippen LogP contribution in [0.2, 0.25) is 0 Å². The van der Waals surface area contributed by atoms with Crippen LogP contribution in [0.3, 0.4) is 0 Å². The van der Waals surface area contributed by atoms with Gasteiger partial charge in [0.2, 0.25) is 11.9 Å². The summed E-state index contributed by atoms with van der Waals surface area (Å²) in [4.78, 5) is 13.9. The summed E-state index contributed by atoms with van der Waals surface area (Å²) in [6.07, 6.45) is 0. The van der Waals surface area contributed by atoms with Crippen LogP contribution in [-0.2, 0) is 16.1 Å². The van der Waals surface area contributed by atoms with Crippen LogP contribution in [0.4, 0.5) is 11.6 Å². The van der Waals surface area contributed by atoms with Crippen molar-refractivity contribution in [2.75, 3.05) is 44.1 Å². The quantitative estimate of drug-likeness (QED) is 0.526. The van der Waals surface area contributed by atoms with E-state index in [1.807, 2.05) is 35.8 Å². The van der Waals surface area contributed by atoms with Crippen molar-refractivity contribution in [2.45, 2.75) is 18.6 Å². The lowest BCUT2D eigenvalue weighted by Gasteiger charge is -2.15. The third kappa shape index (κ3) is 4.28. The van der Waals surface area contributed by atoms with Gasteiger partial charge in [0.1, 0.15) is 5.75 Å². The van der Waals surface area contributed by atoms with Crippen molar-refractivity contribution in [2.24, 2.45) is 0 Å². The lowest BCUT2D eigenvalue weighted by atomic mass is 10.3. The SMILES string of the molecule is CCOc1ccc(N2CCn3c(SCC(=O)NCCOC)nnc32)cc1. The molecule has 0 bridgehead atoms. The fourth-order valence-corrected chi connectivity index (χ4v) is 3.48. The van der Waals surface area contributed by atoms with E-state index in [1.165, 1.54) is 11.8 Å². The zero-order valence-corrected chi connectivity index (χ0v) is 15.8. The third-order valence-electron chi connectivity index (χ3n) is 3.91. The molecule has 0 aliphatic carbocycles. The molecule has 1 N–H and O–H groups in total. The summed E-state index contributed by atoms with van der Waals surface area (Å²) in [5.74, 6) is 1.93. The van der Waals surface area contributed by atoms with E-state index >= 15 is 0 Å². The zero-order valence-electron chi connectivity index (χ0n) is 15.0. The number of carbonyl (C=O) groups is 1. The molecule has 0 radical (unpaired) electrons. The Morgan fingerprint density at radius 2 is 2.08 bits per heavy atom. The highest BCUT2D eigenvalue weighted by Gasteiger charge is 2.26. The molecule has 140 valence electrons. The number of fused-ring (bicyclic) bond motifs is 1. The number of aromatic nitrogens is 3. The van der Waals surface area contributed by atoms with Crippen molar-refractivity contribution >= 4 is 29.3 Å². The summed E-state index contributed by atoms with van der Waals surface area (Å²) in [6, 6.07) is 7.95. The third-order valence-corrected chi connectivity index (χ3v) is 4.87. The van der Waals surface area contributed by atoms with E-state index in [1.54, 1.807) is 7.11 Å². The van der Waals surface area contributed by atoms with E-state index < -0.39 is 0 Å². The predicted octanol–water partition coefficient (Wildman–Crippen LogP) is 1.68.